The second-order valence-electron chi connectivity index (χ2n) is 9.52. The summed E-state index contributed by atoms with van der Waals surface area (Å²) in [5.41, 5.74) is 3.93. The van der Waals surface area contributed by atoms with E-state index in [0.29, 0.717) is 5.56 Å². The molecule has 0 spiro atoms. The lowest BCUT2D eigenvalue weighted by Gasteiger charge is -2.38. The van der Waals surface area contributed by atoms with Crippen molar-refractivity contribution in [2.45, 2.75) is 71.1 Å². The van der Waals surface area contributed by atoms with Crippen LogP contribution in [-0.2, 0) is 6.54 Å². The molecule has 160 valence electrons. The molecule has 4 heteroatoms. The minimum atomic E-state index is -0.308. The van der Waals surface area contributed by atoms with Gasteiger partial charge in [0.05, 0.1) is 6.04 Å². The molecule has 1 fully saturated rings. The number of fused-ring (bicyclic) bond motifs is 1. The zero-order valence-corrected chi connectivity index (χ0v) is 18.5. The molecule has 2 heterocycles. The number of ether oxygens (including phenoxy) is 1. The molecule has 4 nitrogen and oxygen atoms in total. The highest BCUT2D eigenvalue weighted by atomic mass is 16.5. The van der Waals surface area contributed by atoms with E-state index in [4.69, 9.17) is 4.74 Å². The van der Waals surface area contributed by atoms with Crippen LogP contribution in [0.15, 0.2) is 42.5 Å². The number of benzene rings is 2. The highest BCUT2D eigenvalue weighted by Crippen LogP contribution is 2.40. The number of aryl methyl sites for hydroxylation is 1. The topological polar surface area (TPSA) is 41.6 Å². The third kappa shape index (κ3) is 5.04. The Balaban J connectivity index is 1.44. The minimum Gasteiger partial charge on any atom is -0.487 e. The van der Waals surface area contributed by atoms with Gasteiger partial charge in [-0.15, -0.1) is 0 Å². The summed E-state index contributed by atoms with van der Waals surface area (Å²) < 4.78 is 6.13. The third-order valence-electron chi connectivity index (χ3n) is 6.25. The van der Waals surface area contributed by atoms with E-state index in [9.17, 15) is 4.79 Å². The van der Waals surface area contributed by atoms with Crippen molar-refractivity contribution in [2.24, 2.45) is 0 Å². The second kappa shape index (κ2) is 8.81. The minimum absolute atomic E-state index is 0.0218. The molecule has 0 aromatic heterocycles. The van der Waals surface area contributed by atoms with Gasteiger partial charge in [-0.1, -0.05) is 42.7 Å². The monoisotopic (exact) mass is 406 g/mol. The number of amides is 1. The van der Waals surface area contributed by atoms with Crippen molar-refractivity contribution in [1.29, 1.82) is 0 Å². The van der Waals surface area contributed by atoms with E-state index in [1.165, 1.54) is 49.9 Å². The Bertz CT molecular complexity index is 880. The molecule has 2 aliphatic heterocycles. The number of hydrogen-bond acceptors (Lipinski definition) is 3. The average molecular weight is 407 g/mol. The summed E-state index contributed by atoms with van der Waals surface area (Å²) in [6.45, 7) is 9.56. The van der Waals surface area contributed by atoms with Crippen LogP contribution < -0.4 is 10.1 Å². The molecule has 2 aliphatic rings. The van der Waals surface area contributed by atoms with Crippen molar-refractivity contribution >= 4 is 5.91 Å². The van der Waals surface area contributed by atoms with Gasteiger partial charge in [-0.25, -0.2) is 0 Å². The van der Waals surface area contributed by atoms with E-state index in [1.807, 2.05) is 18.2 Å². The van der Waals surface area contributed by atoms with Crippen molar-refractivity contribution in [3.63, 3.8) is 0 Å². The zero-order chi connectivity index (χ0) is 21.1. The van der Waals surface area contributed by atoms with Gasteiger partial charge in [-0.05, 0) is 70.5 Å². The summed E-state index contributed by atoms with van der Waals surface area (Å²) >= 11 is 0. The Labute approximate surface area is 180 Å². The van der Waals surface area contributed by atoms with E-state index in [0.717, 1.165) is 24.3 Å². The van der Waals surface area contributed by atoms with Crippen LogP contribution in [0.2, 0.25) is 0 Å². The Hall–Kier alpha value is -2.33. The van der Waals surface area contributed by atoms with Gasteiger partial charge in [0.15, 0.2) is 0 Å². The lowest BCUT2D eigenvalue weighted by Crippen LogP contribution is -2.41. The Morgan fingerprint density at radius 1 is 1.07 bits per heavy atom. The fourth-order valence-corrected chi connectivity index (χ4v) is 4.66. The number of hydrogen-bond donors (Lipinski definition) is 1. The quantitative estimate of drug-likeness (QED) is 0.739. The molecule has 2 aromatic rings. The van der Waals surface area contributed by atoms with Gasteiger partial charge in [-0.2, -0.15) is 0 Å². The predicted molar refractivity (Wildman–Crippen MR) is 121 cm³/mol. The molecule has 0 aliphatic carbocycles. The smallest absolute Gasteiger partial charge is 0.251 e. The second-order valence-corrected chi connectivity index (χ2v) is 9.52. The summed E-state index contributed by atoms with van der Waals surface area (Å²) in [6.07, 6.45) is 6.04. The molecule has 30 heavy (non-hydrogen) atoms. The highest BCUT2D eigenvalue weighted by Gasteiger charge is 2.34. The van der Waals surface area contributed by atoms with Crippen molar-refractivity contribution in [3.05, 3.63) is 64.7 Å². The van der Waals surface area contributed by atoms with E-state index in [-0.39, 0.29) is 17.6 Å². The summed E-state index contributed by atoms with van der Waals surface area (Å²) in [7, 11) is 0. The number of rotatable bonds is 4. The van der Waals surface area contributed by atoms with Gasteiger partial charge in [0, 0.05) is 24.1 Å². The fourth-order valence-electron chi connectivity index (χ4n) is 4.66. The lowest BCUT2D eigenvalue weighted by atomic mass is 9.88. The Morgan fingerprint density at radius 3 is 2.47 bits per heavy atom. The predicted octanol–water partition coefficient (Wildman–Crippen LogP) is 5.40. The fraction of sp³-hybridized carbons (Fsp3) is 0.500. The Morgan fingerprint density at radius 2 is 1.77 bits per heavy atom. The zero-order valence-electron chi connectivity index (χ0n) is 18.5. The van der Waals surface area contributed by atoms with Gasteiger partial charge < -0.3 is 10.1 Å². The molecular weight excluding hydrogens is 372 g/mol. The number of likely N-dealkylation sites (tertiary alicyclic amines) is 1. The number of nitrogens with zero attached hydrogens (tertiary/aromatic N) is 1. The van der Waals surface area contributed by atoms with Crippen molar-refractivity contribution in [2.75, 3.05) is 13.1 Å². The van der Waals surface area contributed by atoms with Gasteiger partial charge in [-0.3, -0.25) is 9.69 Å². The molecule has 2 aromatic carbocycles. The first-order valence-corrected chi connectivity index (χ1v) is 11.3. The normalized spacial score (nSPS) is 21.2. The molecule has 4 rings (SSSR count). The van der Waals surface area contributed by atoms with Gasteiger partial charge in [0.25, 0.3) is 5.91 Å². The molecule has 0 saturated carbocycles. The van der Waals surface area contributed by atoms with Crippen LogP contribution in [0.4, 0.5) is 0 Å². The van der Waals surface area contributed by atoms with E-state index < -0.39 is 0 Å². The van der Waals surface area contributed by atoms with Gasteiger partial charge >= 0.3 is 0 Å². The maximum Gasteiger partial charge on any atom is 0.251 e. The van der Waals surface area contributed by atoms with Crippen LogP contribution in [0.3, 0.4) is 0 Å². The van der Waals surface area contributed by atoms with Crippen molar-refractivity contribution in [3.8, 4) is 5.75 Å². The van der Waals surface area contributed by atoms with Crippen LogP contribution in [0.25, 0.3) is 0 Å². The van der Waals surface area contributed by atoms with Crippen molar-refractivity contribution in [1.82, 2.24) is 10.2 Å². The number of nitrogens with one attached hydrogen (secondary N) is 1. The van der Waals surface area contributed by atoms with Crippen LogP contribution in [0, 0.1) is 6.92 Å². The molecule has 1 amide bonds. The molecule has 0 bridgehead atoms. The first-order valence-electron chi connectivity index (χ1n) is 11.3. The molecule has 1 N–H and O–H groups in total. The molecule has 1 atom stereocenters. The highest BCUT2D eigenvalue weighted by molar-refractivity contribution is 5.94. The van der Waals surface area contributed by atoms with Crippen LogP contribution in [0.5, 0.6) is 5.75 Å². The lowest BCUT2D eigenvalue weighted by molar-refractivity contribution is 0.0619. The van der Waals surface area contributed by atoms with Crippen molar-refractivity contribution < 1.29 is 9.53 Å². The summed E-state index contributed by atoms with van der Waals surface area (Å²) in [6, 6.07) is 14.3. The maximum absolute atomic E-state index is 13.0. The van der Waals surface area contributed by atoms with Crippen LogP contribution >= 0.6 is 0 Å². The number of carbonyl (C=O) groups excluding carboxylic acids is 1. The SMILES string of the molecule is Cc1ccc2c(c1)[C@H](NC(=O)c1ccc(CN3CCCCCC3)cc1)CC(C)(C)O2. The van der Waals surface area contributed by atoms with Gasteiger partial charge in [0.2, 0.25) is 0 Å². The average Bonchev–Trinajstić information content (AvgIpc) is 2.97. The summed E-state index contributed by atoms with van der Waals surface area (Å²) in [4.78, 5) is 15.5. The molecule has 1 saturated heterocycles. The number of carbonyl (C=O) groups is 1. The van der Waals surface area contributed by atoms with Crippen LogP contribution in [-0.4, -0.2) is 29.5 Å². The Kier molecular flexibility index (Phi) is 6.14. The van der Waals surface area contributed by atoms with E-state index in [1.54, 1.807) is 0 Å². The van der Waals surface area contributed by atoms with Gasteiger partial charge in [0.1, 0.15) is 11.4 Å². The standard InChI is InChI=1S/C26H34N2O2/c1-19-8-13-24-22(16-19)23(17-26(2,3)30-24)27-25(29)21-11-9-20(10-12-21)18-28-14-6-4-5-7-15-28/h8-13,16,23H,4-7,14-15,17-18H2,1-3H3,(H,27,29)/t23-/m1/s1. The third-order valence-corrected chi connectivity index (χ3v) is 6.25. The van der Waals surface area contributed by atoms with E-state index in [2.05, 4.69) is 55.3 Å². The maximum atomic E-state index is 13.0. The molecular formula is C26H34N2O2. The molecule has 0 radical (unpaired) electrons. The van der Waals surface area contributed by atoms with E-state index >= 15 is 0 Å². The largest absolute Gasteiger partial charge is 0.487 e. The summed E-state index contributed by atoms with van der Waals surface area (Å²) in [5.74, 6) is 0.849. The summed E-state index contributed by atoms with van der Waals surface area (Å²) in [5, 5.41) is 3.25. The first-order chi connectivity index (χ1) is 14.4. The molecule has 0 unspecified atom stereocenters. The first kappa shape index (κ1) is 20.9. The van der Waals surface area contributed by atoms with Crippen LogP contribution in [0.1, 0.15) is 79.0 Å².